The Morgan fingerprint density at radius 2 is 2.54 bits per heavy atom. The summed E-state index contributed by atoms with van der Waals surface area (Å²) in [6.45, 7) is 5.05. The lowest BCUT2D eigenvalue weighted by Gasteiger charge is -2.29. The van der Waals surface area contributed by atoms with Gasteiger partial charge in [-0.25, -0.2) is 0 Å². The van der Waals surface area contributed by atoms with Gasteiger partial charge in [-0.05, 0) is 14.0 Å². The van der Waals surface area contributed by atoms with E-state index >= 15 is 0 Å². The van der Waals surface area contributed by atoms with Crippen LogP contribution >= 0.6 is 0 Å². The maximum atomic E-state index is 5.21. The molecule has 0 aliphatic carbocycles. The summed E-state index contributed by atoms with van der Waals surface area (Å²) in [4.78, 5) is 2.29. The first-order valence-electron chi connectivity index (χ1n) is 4.61. The van der Waals surface area contributed by atoms with Crippen LogP contribution in [0.1, 0.15) is 17.5 Å². The fourth-order valence-corrected chi connectivity index (χ4v) is 1.64. The minimum atomic E-state index is 0.306. The summed E-state index contributed by atoms with van der Waals surface area (Å²) in [5, 5.41) is 7.29. The molecule has 4 heteroatoms. The lowest BCUT2D eigenvalue weighted by atomic mass is 10.1. The predicted molar refractivity (Wildman–Crippen MR) is 49.5 cm³/mol. The Morgan fingerprint density at radius 3 is 3.15 bits per heavy atom. The average Bonchev–Trinajstić information content (AvgIpc) is 2.52. The molecule has 1 unspecified atom stereocenters. The van der Waals surface area contributed by atoms with Gasteiger partial charge in [-0.15, -0.1) is 0 Å². The van der Waals surface area contributed by atoms with Crippen molar-refractivity contribution in [1.82, 2.24) is 15.4 Å². The maximum Gasteiger partial charge on any atom is 0.155 e. The van der Waals surface area contributed by atoms with Gasteiger partial charge in [-0.2, -0.15) is 0 Å². The molecule has 1 aromatic rings. The van der Waals surface area contributed by atoms with Crippen molar-refractivity contribution in [1.29, 1.82) is 0 Å². The molecular formula is C9H15N3O. The van der Waals surface area contributed by atoms with E-state index < -0.39 is 0 Å². The minimum absolute atomic E-state index is 0.306. The standard InChI is InChI=1S/C9H15N3O/c1-7-5-9(13-11-7)8-6-12(2)4-3-10-8/h5,8,10H,3-4,6H2,1-2H3. The van der Waals surface area contributed by atoms with Gasteiger partial charge < -0.3 is 14.7 Å². The number of piperazine rings is 1. The highest BCUT2D eigenvalue weighted by molar-refractivity contribution is 5.09. The van der Waals surface area contributed by atoms with Crippen molar-refractivity contribution < 1.29 is 4.52 Å². The van der Waals surface area contributed by atoms with Gasteiger partial charge in [0.05, 0.1) is 11.7 Å². The summed E-state index contributed by atoms with van der Waals surface area (Å²) >= 11 is 0. The highest BCUT2D eigenvalue weighted by Crippen LogP contribution is 2.16. The zero-order valence-electron chi connectivity index (χ0n) is 8.08. The molecule has 72 valence electrons. The van der Waals surface area contributed by atoms with Crippen LogP contribution in [-0.2, 0) is 0 Å². The van der Waals surface area contributed by atoms with Crippen LogP contribution in [0.2, 0.25) is 0 Å². The van der Waals surface area contributed by atoms with E-state index in [2.05, 4.69) is 22.4 Å². The number of hydrogen-bond donors (Lipinski definition) is 1. The molecule has 4 nitrogen and oxygen atoms in total. The number of aryl methyl sites for hydroxylation is 1. The summed E-state index contributed by atoms with van der Waals surface area (Å²) in [5.41, 5.74) is 0.949. The molecule has 0 bridgehead atoms. The van der Waals surface area contributed by atoms with Gasteiger partial charge in [0.1, 0.15) is 0 Å². The fraction of sp³-hybridized carbons (Fsp3) is 0.667. The molecule has 0 spiro atoms. The average molecular weight is 181 g/mol. The van der Waals surface area contributed by atoms with Crippen LogP contribution in [0.3, 0.4) is 0 Å². The van der Waals surface area contributed by atoms with E-state index in [9.17, 15) is 0 Å². The monoisotopic (exact) mass is 181 g/mol. The number of rotatable bonds is 1. The SMILES string of the molecule is Cc1cc(C2CN(C)CCN2)on1. The lowest BCUT2D eigenvalue weighted by molar-refractivity contribution is 0.212. The second-order valence-corrected chi connectivity index (χ2v) is 3.64. The third-order valence-electron chi connectivity index (χ3n) is 2.37. The first kappa shape index (κ1) is 8.72. The van der Waals surface area contributed by atoms with Crippen LogP contribution in [0.5, 0.6) is 0 Å². The summed E-state index contributed by atoms with van der Waals surface area (Å²) in [6.07, 6.45) is 0. The molecule has 1 aliphatic rings. The molecule has 1 saturated heterocycles. The van der Waals surface area contributed by atoms with E-state index in [0.717, 1.165) is 31.1 Å². The Balaban J connectivity index is 2.08. The highest BCUT2D eigenvalue weighted by Gasteiger charge is 2.21. The second kappa shape index (κ2) is 3.47. The minimum Gasteiger partial charge on any atom is -0.359 e. The number of hydrogen-bond acceptors (Lipinski definition) is 4. The Bertz CT molecular complexity index is 284. The summed E-state index contributed by atoms with van der Waals surface area (Å²) in [5.74, 6) is 0.948. The zero-order valence-corrected chi connectivity index (χ0v) is 8.08. The van der Waals surface area contributed by atoms with Crippen LogP contribution < -0.4 is 5.32 Å². The fourth-order valence-electron chi connectivity index (χ4n) is 1.64. The predicted octanol–water partition coefficient (Wildman–Crippen LogP) is 0.559. The third-order valence-corrected chi connectivity index (χ3v) is 2.37. The van der Waals surface area contributed by atoms with Gasteiger partial charge in [-0.1, -0.05) is 5.16 Å². The molecule has 1 aliphatic heterocycles. The van der Waals surface area contributed by atoms with Crippen molar-refractivity contribution in [2.45, 2.75) is 13.0 Å². The van der Waals surface area contributed by atoms with Crippen LogP contribution in [0.25, 0.3) is 0 Å². The van der Waals surface area contributed by atoms with Gasteiger partial charge in [-0.3, -0.25) is 0 Å². The Hall–Kier alpha value is -0.870. The van der Waals surface area contributed by atoms with Crippen molar-refractivity contribution in [3.63, 3.8) is 0 Å². The second-order valence-electron chi connectivity index (χ2n) is 3.64. The number of nitrogens with one attached hydrogen (secondary N) is 1. The maximum absolute atomic E-state index is 5.21. The molecule has 1 fully saturated rings. The van der Waals surface area contributed by atoms with Crippen LogP contribution in [0.4, 0.5) is 0 Å². The van der Waals surface area contributed by atoms with Gasteiger partial charge in [0.2, 0.25) is 0 Å². The third kappa shape index (κ3) is 1.89. The zero-order chi connectivity index (χ0) is 9.26. The lowest BCUT2D eigenvalue weighted by Crippen LogP contribution is -2.43. The van der Waals surface area contributed by atoms with Crippen molar-refractivity contribution in [3.05, 3.63) is 17.5 Å². The molecule has 2 heterocycles. The van der Waals surface area contributed by atoms with Crippen molar-refractivity contribution in [2.75, 3.05) is 26.7 Å². The molecule has 0 amide bonds. The first-order valence-corrected chi connectivity index (χ1v) is 4.61. The quantitative estimate of drug-likeness (QED) is 0.687. The first-order chi connectivity index (χ1) is 6.25. The summed E-state index contributed by atoms with van der Waals surface area (Å²) in [6, 6.07) is 2.30. The molecule has 0 aromatic carbocycles. The molecule has 0 saturated carbocycles. The van der Waals surface area contributed by atoms with Crippen LogP contribution in [0.15, 0.2) is 10.6 Å². The number of likely N-dealkylation sites (N-methyl/N-ethyl adjacent to an activating group) is 1. The molecule has 1 atom stereocenters. The van der Waals surface area contributed by atoms with Crippen molar-refractivity contribution >= 4 is 0 Å². The molecule has 2 rings (SSSR count). The van der Waals surface area contributed by atoms with Crippen molar-refractivity contribution in [3.8, 4) is 0 Å². The van der Waals surface area contributed by atoms with Gasteiger partial charge in [0, 0.05) is 25.7 Å². The Kier molecular flexibility index (Phi) is 2.33. The van der Waals surface area contributed by atoms with Crippen LogP contribution in [0, 0.1) is 6.92 Å². The largest absolute Gasteiger partial charge is 0.359 e. The van der Waals surface area contributed by atoms with E-state index in [1.807, 2.05) is 13.0 Å². The van der Waals surface area contributed by atoms with E-state index in [1.165, 1.54) is 0 Å². The van der Waals surface area contributed by atoms with E-state index in [-0.39, 0.29) is 0 Å². The van der Waals surface area contributed by atoms with E-state index in [0.29, 0.717) is 6.04 Å². The molecule has 1 N–H and O–H groups in total. The van der Waals surface area contributed by atoms with Crippen molar-refractivity contribution in [2.24, 2.45) is 0 Å². The molecule has 13 heavy (non-hydrogen) atoms. The molecule has 0 radical (unpaired) electrons. The van der Waals surface area contributed by atoms with E-state index in [4.69, 9.17) is 4.52 Å². The smallest absolute Gasteiger partial charge is 0.155 e. The normalized spacial score (nSPS) is 24.9. The molecule has 1 aromatic heterocycles. The van der Waals surface area contributed by atoms with Crippen LogP contribution in [-0.4, -0.2) is 36.7 Å². The Morgan fingerprint density at radius 1 is 1.69 bits per heavy atom. The molecular weight excluding hydrogens is 166 g/mol. The van der Waals surface area contributed by atoms with Gasteiger partial charge in [0.25, 0.3) is 0 Å². The van der Waals surface area contributed by atoms with E-state index in [1.54, 1.807) is 0 Å². The van der Waals surface area contributed by atoms with Gasteiger partial charge in [0.15, 0.2) is 5.76 Å². The summed E-state index contributed by atoms with van der Waals surface area (Å²) in [7, 11) is 2.12. The summed E-state index contributed by atoms with van der Waals surface area (Å²) < 4.78 is 5.21. The number of nitrogens with zero attached hydrogens (tertiary/aromatic N) is 2. The van der Waals surface area contributed by atoms with Gasteiger partial charge >= 0.3 is 0 Å². The topological polar surface area (TPSA) is 41.3 Å². The number of aromatic nitrogens is 1. The highest BCUT2D eigenvalue weighted by atomic mass is 16.5. The Labute approximate surface area is 77.9 Å².